The van der Waals surface area contributed by atoms with Crippen LogP contribution in [0.15, 0.2) is 67.0 Å². The number of nitrogens with zero attached hydrogens (tertiary/aromatic N) is 2. The highest BCUT2D eigenvalue weighted by molar-refractivity contribution is 6.06. The first-order valence-electron chi connectivity index (χ1n) is 11.2. The van der Waals surface area contributed by atoms with Gasteiger partial charge in [0.15, 0.2) is 0 Å². The van der Waals surface area contributed by atoms with Crippen LogP contribution in [0.4, 0.5) is 18.9 Å². The SMILES string of the molecule is O=C(Nc1cccnc1)c1cc(C(F)(F)F)c(CN2CCCCC2)cc1OCc1ccccc1. The molecular weight excluding hydrogens is 443 g/mol. The maximum Gasteiger partial charge on any atom is 0.416 e. The molecule has 1 amide bonds. The van der Waals surface area contributed by atoms with Gasteiger partial charge in [-0.3, -0.25) is 14.7 Å². The highest BCUT2D eigenvalue weighted by Gasteiger charge is 2.36. The van der Waals surface area contributed by atoms with Gasteiger partial charge in [-0.05, 0) is 61.3 Å². The Morgan fingerprint density at radius 3 is 2.47 bits per heavy atom. The number of piperidine rings is 1. The summed E-state index contributed by atoms with van der Waals surface area (Å²) in [5.41, 5.74) is 0.345. The first-order valence-corrected chi connectivity index (χ1v) is 11.2. The molecule has 1 aliphatic heterocycles. The Kier molecular flexibility index (Phi) is 7.47. The van der Waals surface area contributed by atoms with E-state index >= 15 is 0 Å². The lowest BCUT2D eigenvalue weighted by atomic mass is 10.00. The van der Waals surface area contributed by atoms with Crippen molar-refractivity contribution in [2.45, 2.75) is 38.6 Å². The van der Waals surface area contributed by atoms with E-state index in [1.54, 1.807) is 18.3 Å². The van der Waals surface area contributed by atoms with Crippen LogP contribution in [-0.2, 0) is 19.3 Å². The Morgan fingerprint density at radius 2 is 1.79 bits per heavy atom. The van der Waals surface area contributed by atoms with Gasteiger partial charge in [0, 0.05) is 12.7 Å². The Morgan fingerprint density at radius 1 is 1.03 bits per heavy atom. The maximum atomic E-state index is 14.1. The first-order chi connectivity index (χ1) is 16.4. The number of pyridine rings is 1. The van der Waals surface area contributed by atoms with Crippen molar-refractivity contribution in [2.24, 2.45) is 0 Å². The van der Waals surface area contributed by atoms with Gasteiger partial charge in [0.2, 0.25) is 0 Å². The molecule has 2 heterocycles. The molecule has 0 spiro atoms. The molecule has 1 aromatic heterocycles. The van der Waals surface area contributed by atoms with E-state index in [1.807, 2.05) is 35.2 Å². The Balaban J connectivity index is 1.70. The van der Waals surface area contributed by atoms with Crippen molar-refractivity contribution < 1.29 is 22.7 Å². The Bertz CT molecular complexity index is 1100. The van der Waals surface area contributed by atoms with Crippen molar-refractivity contribution in [1.29, 1.82) is 0 Å². The molecule has 1 aliphatic rings. The third-order valence-corrected chi connectivity index (χ3v) is 5.75. The van der Waals surface area contributed by atoms with Crippen molar-refractivity contribution in [1.82, 2.24) is 9.88 Å². The third kappa shape index (κ3) is 6.14. The predicted octanol–water partition coefficient (Wildman–Crippen LogP) is 5.92. The van der Waals surface area contributed by atoms with Gasteiger partial charge in [-0.1, -0.05) is 36.8 Å². The number of alkyl halides is 3. The van der Waals surface area contributed by atoms with Crippen LogP contribution in [0, 0.1) is 0 Å². The van der Waals surface area contributed by atoms with Crippen LogP contribution < -0.4 is 10.1 Å². The molecule has 34 heavy (non-hydrogen) atoms. The highest BCUT2D eigenvalue weighted by atomic mass is 19.4. The summed E-state index contributed by atoms with van der Waals surface area (Å²) in [7, 11) is 0. The average molecular weight is 470 g/mol. The first kappa shape index (κ1) is 23.8. The van der Waals surface area contributed by atoms with Crippen LogP contribution in [0.3, 0.4) is 0 Å². The highest BCUT2D eigenvalue weighted by Crippen LogP contribution is 2.37. The normalized spacial score (nSPS) is 14.6. The van der Waals surface area contributed by atoms with E-state index in [1.165, 1.54) is 12.3 Å². The lowest BCUT2D eigenvalue weighted by molar-refractivity contribution is -0.138. The van der Waals surface area contributed by atoms with Crippen LogP contribution in [0.2, 0.25) is 0 Å². The standard InChI is InChI=1S/C26H26F3N3O2/c27-26(28,29)23-15-22(25(33)31-21-10-7-11-30-16-21)24(34-18-19-8-3-1-4-9-19)14-20(23)17-32-12-5-2-6-13-32/h1,3-4,7-11,14-16H,2,5-6,12-13,17-18H2,(H,31,33). The molecule has 0 saturated carbocycles. The summed E-state index contributed by atoms with van der Waals surface area (Å²) in [4.78, 5) is 19.0. The van der Waals surface area contributed by atoms with Crippen LogP contribution in [0.1, 0.15) is 46.3 Å². The number of hydrogen-bond donors (Lipinski definition) is 1. The summed E-state index contributed by atoms with van der Waals surface area (Å²) in [5.74, 6) is -0.573. The van der Waals surface area contributed by atoms with Gasteiger partial charge in [-0.25, -0.2) is 0 Å². The van der Waals surface area contributed by atoms with Gasteiger partial charge in [0.25, 0.3) is 5.91 Å². The molecule has 8 heteroatoms. The number of aromatic nitrogens is 1. The number of rotatable bonds is 7. The maximum absolute atomic E-state index is 14.1. The molecule has 1 N–H and O–H groups in total. The molecule has 3 aromatic rings. The molecule has 5 nitrogen and oxygen atoms in total. The predicted molar refractivity (Wildman–Crippen MR) is 124 cm³/mol. The lowest BCUT2D eigenvalue weighted by Crippen LogP contribution is -2.30. The zero-order chi connectivity index (χ0) is 24.0. The molecule has 4 rings (SSSR count). The second kappa shape index (κ2) is 10.7. The van der Waals surface area contributed by atoms with E-state index in [-0.39, 0.29) is 30.0 Å². The fourth-order valence-corrected chi connectivity index (χ4v) is 4.04. The number of ether oxygens (including phenoxy) is 1. The van der Waals surface area contributed by atoms with Crippen LogP contribution in [0.25, 0.3) is 0 Å². The number of amides is 1. The largest absolute Gasteiger partial charge is 0.488 e. The van der Waals surface area contributed by atoms with Crippen molar-refractivity contribution >= 4 is 11.6 Å². The van der Waals surface area contributed by atoms with Crippen LogP contribution in [0.5, 0.6) is 5.75 Å². The molecule has 1 saturated heterocycles. The van der Waals surface area contributed by atoms with Gasteiger partial charge < -0.3 is 10.1 Å². The average Bonchev–Trinajstić information content (AvgIpc) is 2.84. The topological polar surface area (TPSA) is 54.5 Å². The van der Waals surface area contributed by atoms with Gasteiger partial charge in [0.05, 0.1) is 23.0 Å². The summed E-state index contributed by atoms with van der Waals surface area (Å²) in [6, 6.07) is 14.8. The van der Waals surface area contributed by atoms with E-state index in [2.05, 4.69) is 10.3 Å². The Hall–Kier alpha value is -3.39. The number of anilines is 1. The monoisotopic (exact) mass is 469 g/mol. The molecule has 0 unspecified atom stereocenters. The van der Waals surface area contributed by atoms with Gasteiger partial charge in [-0.15, -0.1) is 0 Å². The number of hydrogen-bond acceptors (Lipinski definition) is 4. The molecule has 0 radical (unpaired) electrons. The zero-order valence-corrected chi connectivity index (χ0v) is 18.6. The van der Waals surface area contributed by atoms with Gasteiger partial charge in [-0.2, -0.15) is 13.2 Å². The minimum atomic E-state index is -4.60. The summed E-state index contributed by atoms with van der Waals surface area (Å²) in [5, 5.41) is 2.62. The lowest BCUT2D eigenvalue weighted by Gasteiger charge is -2.28. The number of carbonyl (C=O) groups is 1. The van der Waals surface area contributed by atoms with E-state index < -0.39 is 17.6 Å². The van der Waals surface area contributed by atoms with E-state index in [4.69, 9.17) is 4.74 Å². The molecule has 0 atom stereocenters. The minimum Gasteiger partial charge on any atom is -0.488 e. The zero-order valence-electron chi connectivity index (χ0n) is 18.6. The third-order valence-electron chi connectivity index (χ3n) is 5.75. The van der Waals surface area contributed by atoms with Gasteiger partial charge >= 0.3 is 6.18 Å². The number of halogens is 3. The second-order valence-corrected chi connectivity index (χ2v) is 8.31. The van der Waals surface area contributed by atoms with Gasteiger partial charge in [0.1, 0.15) is 12.4 Å². The number of nitrogens with one attached hydrogen (secondary N) is 1. The van der Waals surface area contributed by atoms with Crippen LogP contribution >= 0.6 is 0 Å². The minimum absolute atomic E-state index is 0.107. The summed E-state index contributed by atoms with van der Waals surface area (Å²) < 4.78 is 48.1. The molecule has 0 aliphatic carbocycles. The fraction of sp³-hybridized carbons (Fsp3) is 0.308. The molecule has 2 aromatic carbocycles. The van der Waals surface area contributed by atoms with Crippen molar-refractivity contribution in [3.05, 3.63) is 89.2 Å². The molecule has 0 bridgehead atoms. The fourth-order valence-electron chi connectivity index (χ4n) is 4.04. The van der Waals surface area contributed by atoms with Crippen molar-refractivity contribution in [3.8, 4) is 5.75 Å². The summed E-state index contributed by atoms with van der Waals surface area (Å²) in [6.07, 6.45) is 1.38. The quantitative estimate of drug-likeness (QED) is 0.467. The van der Waals surface area contributed by atoms with E-state index in [0.29, 0.717) is 5.69 Å². The smallest absolute Gasteiger partial charge is 0.416 e. The number of likely N-dealkylation sites (tertiary alicyclic amines) is 1. The second-order valence-electron chi connectivity index (χ2n) is 8.31. The number of benzene rings is 2. The molecular formula is C26H26F3N3O2. The van der Waals surface area contributed by atoms with E-state index in [9.17, 15) is 18.0 Å². The summed E-state index contributed by atoms with van der Waals surface area (Å²) >= 11 is 0. The molecule has 178 valence electrons. The van der Waals surface area contributed by atoms with Crippen molar-refractivity contribution in [2.75, 3.05) is 18.4 Å². The van der Waals surface area contributed by atoms with Crippen LogP contribution in [-0.4, -0.2) is 28.9 Å². The summed E-state index contributed by atoms with van der Waals surface area (Å²) in [6.45, 7) is 1.78. The van der Waals surface area contributed by atoms with E-state index in [0.717, 1.165) is 44.0 Å². The Labute approximate surface area is 196 Å². The molecule has 1 fully saturated rings. The number of carbonyl (C=O) groups excluding carboxylic acids is 1. The van der Waals surface area contributed by atoms with Crippen molar-refractivity contribution in [3.63, 3.8) is 0 Å².